The van der Waals surface area contributed by atoms with E-state index in [4.69, 9.17) is 5.73 Å². The van der Waals surface area contributed by atoms with Gasteiger partial charge in [0.1, 0.15) is 0 Å². The SMILES string of the molecule is CCS(=O)CC1CC(N)C1. The van der Waals surface area contributed by atoms with Crippen LogP contribution in [0.1, 0.15) is 19.8 Å². The van der Waals surface area contributed by atoms with Crippen molar-refractivity contribution in [3.05, 3.63) is 0 Å². The zero-order valence-corrected chi connectivity index (χ0v) is 7.19. The maximum Gasteiger partial charge on any atom is 0.0264 e. The molecule has 1 atom stereocenters. The van der Waals surface area contributed by atoms with Gasteiger partial charge in [-0.1, -0.05) is 6.92 Å². The van der Waals surface area contributed by atoms with Crippen molar-refractivity contribution in [2.45, 2.75) is 25.8 Å². The second-order valence-corrected chi connectivity index (χ2v) is 4.78. The quantitative estimate of drug-likeness (QED) is 0.654. The van der Waals surface area contributed by atoms with Gasteiger partial charge in [0.15, 0.2) is 0 Å². The molecule has 0 aliphatic heterocycles. The molecular weight excluding hydrogens is 146 g/mol. The fourth-order valence-corrected chi connectivity index (χ4v) is 2.34. The third-order valence-electron chi connectivity index (χ3n) is 2.02. The molecule has 1 aliphatic carbocycles. The van der Waals surface area contributed by atoms with Crippen LogP contribution in [-0.4, -0.2) is 21.8 Å². The Morgan fingerprint density at radius 1 is 1.60 bits per heavy atom. The van der Waals surface area contributed by atoms with E-state index >= 15 is 0 Å². The summed E-state index contributed by atoms with van der Waals surface area (Å²) in [5.41, 5.74) is 5.59. The molecule has 0 spiro atoms. The molecule has 0 aromatic heterocycles. The van der Waals surface area contributed by atoms with Crippen molar-refractivity contribution in [2.75, 3.05) is 11.5 Å². The Morgan fingerprint density at radius 3 is 2.60 bits per heavy atom. The van der Waals surface area contributed by atoms with E-state index in [-0.39, 0.29) is 0 Å². The molecule has 0 amide bonds. The average Bonchev–Trinajstić information content (AvgIpc) is 1.84. The first-order valence-electron chi connectivity index (χ1n) is 3.83. The van der Waals surface area contributed by atoms with E-state index in [2.05, 4.69) is 0 Å². The highest BCUT2D eigenvalue weighted by atomic mass is 32.2. The lowest BCUT2D eigenvalue weighted by molar-refractivity contribution is 0.294. The lowest BCUT2D eigenvalue weighted by Gasteiger charge is -2.31. The van der Waals surface area contributed by atoms with E-state index in [1.54, 1.807) is 0 Å². The third-order valence-corrected chi connectivity index (χ3v) is 3.50. The fraction of sp³-hybridized carbons (Fsp3) is 1.00. The molecule has 0 aromatic carbocycles. The van der Waals surface area contributed by atoms with Crippen LogP contribution in [0.4, 0.5) is 0 Å². The van der Waals surface area contributed by atoms with Gasteiger partial charge >= 0.3 is 0 Å². The minimum Gasteiger partial charge on any atom is -0.328 e. The van der Waals surface area contributed by atoms with E-state index in [9.17, 15) is 4.21 Å². The van der Waals surface area contributed by atoms with Crippen LogP contribution >= 0.6 is 0 Å². The molecule has 0 aromatic rings. The zero-order valence-electron chi connectivity index (χ0n) is 6.38. The van der Waals surface area contributed by atoms with Crippen molar-refractivity contribution in [3.63, 3.8) is 0 Å². The Kier molecular flexibility index (Phi) is 2.86. The Hall–Kier alpha value is 0.110. The molecule has 1 fully saturated rings. The fourth-order valence-electron chi connectivity index (χ4n) is 1.30. The lowest BCUT2D eigenvalue weighted by Crippen LogP contribution is -2.38. The van der Waals surface area contributed by atoms with Crippen LogP contribution in [0.2, 0.25) is 0 Å². The molecule has 3 heteroatoms. The minimum atomic E-state index is -0.576. The summed E-state index contributed by atoms with van der Waals surface area (Å²) in [5, 5.41) is 0. The van der Waals surface area contributed by atoms with E-state index in [0.717, 1.165) is 24.3 Å². The maximum absolute atomic E-state index is 11.0. The van der Waals surface area contributed by atoms with Crippen LogP contribution in [0.15, 0.2) is 0 Å². The number of hydrogen-bond donors (Lipinski definition) is 1. The molecule has 1 saturated carbocycles. The second kappa shape index (κ2) is 3.49. The largest absolute Gasteiger partial charge is 0.328 e. The van der Waals surface area contributed by atoms with Crippen LogP contribution in [0.25, 0.3) is 0 Å². The van der Waals surface area contributed by atoms with Crippen LogP contribution in [0, 0.1) is 5.92 Å². The van der Waals surface area contributed by atoms with Gasteiger partial charge in [-0.05, 0) is 18.8 Å². The third kappa shape index (κ3) is 2.06. The first-order chi connectivity index (χ1) is 4.72. The lowest BCUT2D eigenvalue weighted by atomic mass is 9.82. The first kappa shape index (κ1) is 8.21. The van der Waals surface area contributed by atoms with E-state index < -0.39 is 10.8 Å². The van der Waals surface area contributed by atoms with Gasteiger partial charge in [0.2, 0.25) is 0 Å². The van der Waals surface area contributed by atoms with Crippen molar-refractivity contribution in [2.24, 2.45) is 11.7 Å². The van der Waals surface area contributed by atoms with E-state index in [0.29, 0.717) is 12.0 Å². The maximum atomic E-state index is 11.0. The number of rotatable bonds is 3. The van der Waals surface area contributed by atoms with Gasteiger partial charge in [0.05, 0.1) is 0 Å². The standard InChI is InChI=1S/C7H15NOS/c1-2-10(9)5-6-3-7(8)4-6/h6-7H,2-5,8H2,1H3. The molecule has 0 heterocycles. The highest BCUT2D eigenvalue weighted by Gasteiger charge is 2.26. The monoisotopic (exact) mass is 161 g/mol. The van der Waals surface area contributed by atoms with E-state index in [1.807, 2.05) is 6.92 Å². The molecule has 1 aliphatic rings. The van der Waals surface area contributed by atoms with Gasteiger partial charge in [-0.2, -0.15) is 0 Å². The zero-order chi connectivity index (χ0) is 7.56. The Morgan fingerprint density at radius 2 is 2.20 bits per heavy atom. The van der Waals surface area contributed by atoms with Gasteiger partial charge < -0.3 is 5.73 Å². The summed E-state index contributed by atoms with van der Waals surface area (Å²) in [7, 11) is -0.576. The summed E-state index contributed by atoms with van der Waals surface area (Å²) in [6.07, 6.45) is 2.18. The Labute approximate surface area is 64.6 Å². The van der Waals surface area contributed by atoms with Crippen molar-refractivity contribution < 1.29 is 4.21 Å². The normalized spacial score (nSPS) is 35.0. The van der Waals surface area contributed by atoms with Gasteiger partial charge in [-0.3, -0.25) is 4.21 Å². The molecule has 1 unspecified atom stereocenters. The van der Waals surface area contributed by atoms with Crippen molar-refractivity contribution in [1.82, 2.24) is 0 Å². The smallest absolute Gasteiger partial charge is 0.0264 e. The van der Waals surface area contributed by atoms with Crippen molar-refractivity contribution in [1.29, 1.82) is 0 Å². The topological polar surface area (TPSA) is 43.1 Å². The van der Waals surface area contributed by atoms with Crippen LogP contribution < -0.4 is 5.73 Å². The predicted molar refractivity (Wildman–Crippen MR) is 44.2 cm³/mol. The highest BCUT2D eigenvalue weighted by molar-refractivity contribution is 7.84. The number of nitrogens with two attached hydrogens (primary N) is 1. The summed E-state index contributed by atoms with van der Waals surface area (Å²) >= 11 is 0. The molecule has 0 bridgehead atoms. The number of hydrogen-bond acceptors (Lipinski definition) is 2. The average molecular weight is 161 g/mol. The summed E-state index contributed by atoms with van der Waals surface area (Å²) in [4.78, 5) is 0. The Bertz CT molecular complexity index is 132. The first-order valence-corrected chi connectivity index (χ1v) is 5.31. The van der Waals surface area contributed by atoms with Crippen LogP contribution in [-0.2, 0) is 10.8 Å². The summed E-state index contributed by atoms with van der Waals surface area (Å²) < 4.78 is 11.0. The van der Waals surface area contributed by atoms with Crippen molar-refractivity contribution in [3.8, 4) is 0 Å². The Balaban J connectivity index is 2.10. The van der Waals surface area contributed by atoms with Crippen LogP contribution in [0.3, 0.4) is 0 Å². The summed E-state index contributed by atoms with van der Waals surface area (Å²) in [5.74, 6) is 2.34. The van der Waals surface area contributed by atoms with Crippen LogP contribution in [0.5, 0.6) is 0 Å². The molecule has 60 valence electrons. The van der Waals surface area contributed by atoms with Crippen molar-refractivity contribution >= 4 is 10.8 Å². The molecule has 0 radical (unpaired) electrons. The highest BCUT2D eigenvalue weighted by Crippen LogP contribution is 2.25. The molecule has 1 rings (SSSR count). The predicted octanol–water partition coefficient (Wildman–Crippen LogP) is 0.492. The summed E-state index contributed by atoms with van der Waals surface area (Å²) in [6, 6.07) is 0.402. The molecule has 10 heavy (non-hydrogen) atoms. The minimum absolute atomic E-state index is 0.402. The summed E-state index contributed by atoms with van der Waals surface area (Å²) in [6.45, 7) is 1.97. The second-order valence-electron chi connectivity index (χ2n) is 2.99. The van der Waals surface area contributed by atoms with Gasteiger partial charge in [-0.25, -0.2) is 0 Å². The molecule has 2 N–H and O–H groups in total. The van der Waals surface area contributed by atoms with Gasteiger partial charge in [-0.15, -0.1) is 0 Å². The van der Waals surface area contributed by atoms with E-state index in [1.165, 1.54) is 0 Å². The molecule has 0 saturated heterocycles. The van der Waals surface area contributed by atoms with Gasteiger partial charge in [0.25, 0.3) is 0 Å². The molecular formula is C7H15NOS. The van der Waals surface area contributed by atoms with Gasteiger partial charge in [0, 0.05) is 28.3 Å². The molecule has 2 nitrogen and oxygen atoms in total.